The number of piperidine rings is 1. The maximum Gasteiger partial charge on any atom is 0.168 e. The Kier molecular flexibility index (Phi) is 1.68. The summed E-state index contributed by atoms with van der Waals surface area (Å²) in [5.41, 5.74) is -1.61. The van der Waals surface area contributed by atoms with Crippen LogP contribution in [0, 0.1) is 0 Å². The van der Waals surface area contributed by atoms with E-state index in [-0.39, 0.29) is 18.9 Å². The highest BCUT2D eigenvalue weighted by atomic mass is 16.4. The van der Waals surface area contributed by atoms with Gasteiger partial charge in [-0.05, 0) is 6.42 Å². The van der Waals surface area contributed by atoms with E-state index in [2.05, 4.69) is 5.32 Å². The number of rotatable bonds is 0. The molecule has 2 aliphatic rings. The number of aliphatic hydroxyl groups is 4. The van der Waals surface area contributed by atoms with Gasteiger partial charge in [-0.3, -0.25) is 5.32 Å². The molecule has 2 heterocycles. The number of aliphatic hydroxyl groups excluding tert-OH is 3. The summed E-state index contributed by atoms with van der Waals surface area (Å²) in [4.78, 5) is 0. The van der Waals surface area contributed by atoms with Crippen LogP contribution >= 0.6 is 0 Å². The highest BCUT2D eigenvalue weighted by Gasteiger charge is 2.55. The molecule has 0 unspecified atom stereocenters. The zero-order valence-corrected chi connectivity index (χ0v) is 6.51. The molecule has 5 atom stereocenters. The fourth-order valence-corrected chi connectivity index (χ4v) is 2.02. The van der Waals surface area contributed by atoms with Crippen molar-refractivity contribution in [3.8, 4) is 0 Å². The molecule has 2 saturated heterocycles. The summed E-state index contributed by atoms with van der Waals surface area (Å²) in [6, 6.07) is -0.298. The quantitative estimate of drug-likeness (QED) is 0.281. The molecule has 0 aromatic carbocycles. The highest BCUT2D eigenvalue weighted by molar-refractivity contribution is 5.08. The van der Waals surface area contributed by atoms with Crippen LogP contribution in [0.1, 0.15) is 12.8 Å². The molecular weight excluding hydrogens is 162 g/mol. The molecule has 5 heteroatoms. The van der Waals surface area contributed by atoms with Crippen LogP contribution in [0.4, 0.5) is 0 Å². The Morgan fingerprint density at radius 2 is 1.67 bits per heavy atom. The Bertz CT molecular complexity index is 200. The number of hydrogen-bond donors (Lipinski definition) is 5. The van der Waals surface area contributed by atoms with E-state index in [0.29, 0.717) is 0 Å². The van der Waals surface area contributed by atoms with Gasteiger partial charge in [0.1, 0.15) is 12.2 Å². The molecule has 2 bridgehead atoms. The van der Waals surface area contributed by atoms with E-state index in [1.807, 2.05) is 0 Å². The van der Waals surface area contributed by atoms with Gasteiger partial charge in [-0.25, -0.2) is 0 Å². The first-order valence-electron chi connectivity index (χ1n) is 4.08. The third kappa shape index (κ3) is 0.915. The van der Waals surface area contributed by atoms with Gasteiger partial charge in [0.15, 0.2) is 5.72 Å². The first-order valence-corrected chi connectivity index (χ1v) is 4.08. The summed E-state index contributed by atoms with van der Waals surface area (Å²) >= 11 is 0. The monoisotopic (exact) mass is 175 g/mol. The molecule has 0 aromatic rings. The minimum Gasteiger partial charge on any atom is -0.391 e. The van der Waals surface area contributed by atoms with Crippen LogP contribution in [0.15, 0.2) is 0 Å². The topological polar surface area (TPSA) is 93.0 Å². The zero-order chi connectivity index (χ0) is 8.93. The maximum absolute atomic E-state index is 9.65. The lowest BCUT2D eigenvalue weighted by Crippen LogP contribution is -2.63. The molecule has 2 rings (SSSR count). The van der Waals surface area contributed by atoms with E-state index in [1.165, 1.54) is 0 Å². The van der Waals surface area contributed by atoms with Crippen LogP contribution in [-0.2, 0) is 0 Å². The summed E-state index contributed by atoms with van der Waals surface area (Å²) in [6.07, 6.45) is -2.37. The van der Waals surface area contributed by atoms with Gasteiger partial charge in [0.25, 0.3) is 0 Å². The van der Waals surface area contributed by atoms with Crippen molar-refractivity contribution in [3.05, 3.63) is 0 Å². The Balaban J connectivity index is 2.25. The summed E-state index contributed by atoms with van der Waals surface area (Å²) < 4.78 is 0. The lowest BCUT2D eigenvalue weighted by atomic mass is 9.96. The largest absolute Gasteiger partial charge is 0.391 e. The molecule has 5 nitrogen and oxygen atoms in total. The van der Waals surface area contributed by atoms with E-state index in [4.69, 9.17) is 0 Å². The third-order valence-electron chi connectivity index (χ3n) is 2.84. The van der Waals surface area contributed by atoms with E-state index in [0.717, 1.165) is 0 Å². The third-order valence-corrected chi connectivity index (χ3v) is 2.84. The predicted octanol–water partition coefficient (Wildman–Crippen LogP) is -2.48. The molecule has 0 aromatic heterocycles. The molecule has 0 spiro atoms. The van der Waals surface area contributed by atoms with Gasteiger partial charge in [0.05, 0.1) is 6.10 Å². The van der Waals surface area contributed by atoms with E-state index in [1.54, 1.807) is 0 Å². The lowest BCUT2D eigenvalue weighted by Gasteiger charge is -2.37. The lowest BCUT2D eigenvalue weighted by molar-refractivity contribution is -0.166. The minimum atomic E-state index is -1.61. The van der Waals surface area contributed by atoms with E-state index in [9.17, 15) is 20.4 Å². The van der Waals surface area contributed by atoms with E-state index >= 15 is 0 Å². The maximum atomic E-state index is 9.65. The van der Waals surface area contributed by atoms with Crippen molar-refractivity contribution >= 4 is 0 Å². The van der Waals surface area contributed by atoms with Crippen molar-refractivity contribution in [2.24, 2.45) is 0 Å². The smallest absolute Gasteiger partial charge is 0.168 e. The summed E-state index contributed by atoms with van der Waals surface area (Å²) in [5, 5.41) is 40.4. The highest BCUT2D eigenvalue weighted by Crippen LogP contribution is 2.34. The second-order valence-electron chi connectivity index (χ2n) is 3.65. The first-order chi connectivity index (χ1) is 5.54. The molecule has 0 saturated carbocycles. The Labute approximate surface area is 69.6 Å². The van der Waals surface area contributed by atoms with Gasteiger partial charge in [0.2, 0.25) is 0 Å². The van der Waals surface area contributed by atoms with Gasteiger partial charge in [0, 0.05) is 12.5 Å². The summed E-state index contributed by atoms with van der Waals surface area (Å²) in [6.45, 7) is 0. The fourth-order valence-electron chi connectivity index (χ4n) is 2.02. The van der Waals surface area contributed by atoms with Gasteiger partial charge >= 0.3 is 0 Å². The SMILES string of the molecule is O[C@@H]1C[C@H](O)[C@H]2C[C@H](O)[C@]1(O)N2. The Hall–Kier alpha value is -0.200. The van der Waals surface area contributed by atoms with Gasteiger partial charge in [-0.1, -0.05) is 0 Å². The van der Waals surface area contributed by atoms with Gasteiger partial charge in [-0.2, -0.15) is 0 Å². The second-order valence-corrected chi connectivity index (χ2v) is 3.65. The minimum absolute atomic E-state index is 0.116. The molecule has 2 aliphatic heterocycles. The average molecular weight is 175 g/mol. The van der Waals surface area contributed by atoms with Crippen LogP contribution < -0.4 is 5.32 Å². The fraction of sp³-hybridized carbons (Fsp3) is 1.00. The number of hydrogen-bond acceptors (Lipinski definition) is 5. The predicted molar refractivity (Wildman–Crippen MR) is 39.1 cm³/mol. The van der Waals surface area contributed by atoms with Crippen molar-refractivity contribution < 1.29 is 20.4 Å². The van der Waals surface area contributed by atoms with Crippen LogP contribution in [0.25, 0.3) is 0 Å². The van der Waals surface area contributed by atoms with Crippen LogP contribution in [-0.4, -0.2) is 50.5 Å². The van der Waals surface area contributed by atoms with Crippen molar-refractivity contribution in [1.29, 1.82) is 0 Å². The zero-order valence-electron chi connectivity index (χ0n) is 6.51. The molecule has 2 fully saturated rings. The summed E-state index contributed by atoms with van der Waals surface area (Å²) in [5.74, 6) is 0. The van der Waals surface area contributed by atoms with Crippen molar-refractivity contribution in [1.82, 2.24) is 5.32 Å². The molecule has 0 amide bonds. The van der Waals surface area contributed by atoms with Crippen LogP contribution in [0.5, 0.6) is 0 Å². The molecule has 70 valence electrons. The first kappa shape index (κ1) is 8.40. The number of nitrogens with one attached hydrogen (secondary N) is 1. The Morgan fingerprint density at radius 1 is 1.08 bits per heavy atom. The average Bonchev–Trinajstić information content (AvgIpc) is 2.25. The van der Waals surface area contributed by atoms with Crippen molar-refractivity contribution in [2.75, 3.05) is 0 Å². The second kappa shape index (κ2) is 2.40. The van der Waals surface area contributed by atoms with Crippen LogP contribution in [0.2, 0.25) is 0 Å². The van der Waals surface area contributed by atoms with Gasteiger partial charge < -0.3 is 20.4 Å². The van der Waals surface area contributed by atoms with Gasteiger partial charge in [-0.15, -0.1) is 0 Å². The molecule has 12 heavy (non-hydrogen) atoms. The van der Waals surface area contributed by atoms with E-state index < -0.39 is 24.0 Å². The molecular formula is C7H13NO4. The standard InChI is InChI=1S/C7H13NO4/c9-4-2-6(11)7(12)5(10)1-3(4)8-7/h3-6,8-12H,1-2H2/t3-,4+,5+,6-,7-/m1/s1. The summed E-state index contributed by atoms with van der Waals surface area (Å²) in [7, 11) is 0. The normalized spacial score (nSPS) is 59.0. The Morgan fingerprint density at radius 3 is 2.33 bits per heavy atom. The molecule has 0 radical (unpaired) electrons. The van der Waals surface area contributed by atoms with Crippen molar-refractivity contribution in [2.45, 2.75) is 42.9 Å². The van der Waals surface area contributed by atoms with Crippen LogP contribution in [0.3, 0.4) is 0 Å². The van der Waals surface area contributed by atoms with Crippen molar-refractivity contribution in [3.63, 3.8) is 0 Å². The molecule has 5 N–H and O–H groups in total. The molecule has 0 aliphatic carbocycles. The number of fused-ring (bicyclic) bond motifs is 2.